The molecule has 144 valence electrons. The monoisotopic (exact) mass is 343 g/mol. The lowest BCUT2D eigenvalue weighted by Gasteiger charge is -2.38. The molecule has 0 aromatic heterocycles. The van der Waals surface area contributed by atoms with Crippen molar-refractivity contribution >= 4 is 0 Å². The SMILES string of the molecule is CC.CC.OC1CC(OC2CCN(CCN3CCNCC3)CC2)C1. The molecule has 24 heavy (non-hydrogen) atoms. The van der Waals surface area contributed by atoms with Gasteiger partial charge >= 0.3 is 0 Å². The molecule has 1 aliphatic carbocycles. The first kappa shape index (κ1) is 21.8. The van der Waals surface area contributed by atoms with Gasteiger partial charge in [-0.25, -0.2) is 0 Å². The topological polar surface area (TPSA) is 48.0 Å². The van der Waals surface area contributed by atoms with Crippen LogP contribution in [0.4, 0.5) is 0 Å². The number of nitrogens with zero attached hydrogens (tertiary/aromatic N) is 2. The molecular weight excluding hydrogens is 302 g/mol. The van der Waals surface area contributed by atoms with Crippen LogP contribution in [0.3, 0.4) is 0 Å². The van der Waals surface area contributed by atoms with Crippen LogP contribution in [0.5, 0.6) is 0 Å². The number of nitrogens with one attached hydrogen (secondary N) is 1. The summed E-state index contributed by atoms with van der Waals surface area (Å²) in [5, 5.41) is 12.7. The Morgan fingerprint density at radius 1 is 0.833 bits per heavy atom. The van der Waals surface area contributed by atoms with E-state index >= 15 is 0 Å². The number of aliphatic hydroxyl groups excluding tert-OH is 1. The lowest BCUT2D eigenvalue weighted by molar-refractivity contribution is -0.116. The second-order valence-electron chi connectivity index (χ2n) is 6.52. The van der Waals surface area contributed by atoms with Gasteiger partial charge in [-0.2, -0.15) is 0 Å². The average Bonchev–Trinajstić information content (AvgIpc) is 2.64. The fourth-order valence-electron chi connectivity index (χ4n) is 3.41. The van der Waals surface area contributed by atoms with Crippen molar-refractivity contribution in [2.75, 3.05) is 52.4 Å². The summed E-state index contributed by atoms with van der Waals surface area (Å²) < 4.78 is 6.04. The van der Waals surface area contributed by atoms with Gasteiger partial charge in [0.2, 0.25) is 0 Å². The fraction of sp³-hybridized carbons (Fsp3) is 1.00. The largest absolute Gasteiger partial charge is 0.393 e. The molecule has 0 aromatic carbocycles. The fourth-order valence-corrected chi connectivity index (χ4v) is 3.41. The van der Waals surface area contributed by atoms with Gasteiger partial charge in [-0.3, -0.25) is 4.90 Å². The van der Waals surface area contributed by atoms with Crippen LogP contribution in [0.1, 0.15) is 53.4 Å². The summed E-state index contributed by atoms with van der Waals surface area (Å²) in [5.41, 5.74) is 0. The Bertz CT molecular complexity index is 284. The van der Waals surface area contributed by atoms with Crippen LogP contribution in [-0.2, 0) is 4.74 Å². The molecule has 2 aliphatic heterocycles. The van der Waals surface area contributed by atoms with E-state index in [1.54, 1.807) is 0 Å². The van der Waals surface area contributed by atoms with Crippen molar-refractivity contribution < 1.29 is 9.84 Å². The molecule has 3 rings (SSSR count). The molecule has 0 atom stereocenters. The van der Waals surface area contributed by atoms with E-state index in [-0.39, 0.29) is 6.10 Å². The average molecular weight is 344 g/mol. The Balaban J connectivity index is 0.000000671. The van der Waals surface area contributed by atoms with Crippen molar-refractivity contribution in [3.63, 3.8) is 0 Å². The summed E-state index contributed by atoms with van der Waals surface area (Å²) in [6, 6.07) is 0. The Labute approximate surface area is 149 Å². The van der Waals surface area contributed by atoms with E-state index in [2.05, 4.69) is 15.1 Å². The van der Waals surface area contributed by atoms with Gasteiger partial charge in [-0.05, 0) is 25.7 Å². The maximum absolute atomic E-state index is 9.29. The molecule has 5 nitrogen and oxygen atoms in total. The van der Waals surface area contributed by atoms with Gasteiger partial charge < -0.3 is 20.1 Å². The van der Waals surface area contributed by atoms with Crippen LogP contribution < -0.4 is 5.32 Å². The lowest BCUT2D eigenvalue weighted by atomic mass is 9.92. The van der Waals surface area contributed by atoms with E-state index in [9.17, 15) is 5.11 Å². The molecular formula is C19H41N3O2. The zero-order valence-corrected chi connectivity index (χ0v) is 16.5. The summed E-state index contributed by atoms with van der Waals surface area (Å²) >= 11 is 0. The highest BCUT2D eigenvalue weighted by molar-refractivity contribution is 4.82. The molecule has 1 saturated carbocycles. The molecule has 5 heteroatoms. The third-order valence-electron chi connectivity index (χ3n) is 4.93. The second kappa shape index (κ2) is 13.1. The van der Waals surface area contributed by atoms with E-state index in [0.29, 0.717) is 12.2 Å². The second-order valence-corrected chi connectivity index (χ2v) is 6.52. The van der Waals surface area contributed by atoms with Crippen LogP contribution >= 0.6 is 0 Å². The van der Waals surface area contributed by atoms with Gasteiger partial charge in [0.1, 0.15) is 0 Å². The Kier molecular flexibility index (Phi) is 11.9. The van der Waals surface area contributed by atoms with Crippen LogP contribution in [0.25, 0.3) is 0 Å². The van der Waals surface area contributed by atoms with E-state index in [1.807, 2.05) is 27.7 Å². The molecule has 3 fully saturated rings. The Morgan fingerprint density at radius 3 is 1.83 bits per heavy atom. The number of rotatable bonds is 5. The zero-order valence-electron chi connectivity index (χ0n) is 16.5. The maximum Gasteiger partial charge on any atom is 0.0628 e. The molecule has 0 spiro atoms. The smallest absolute Gasteiger partial charge is 0.0628 e. The van der Waals surface area contributed by atoms with Gasteiger partial charge in [-0.1, -0.05) is 27.7 Å². The minimum atomic E-state index is -0.0980. The molecule has 0 unspecified atom stereocenters. The number of likely N-dealkylation sites (tertiary alicyclic amines) is 1. The normalized spacial score (nSPS) is 28.9. The number of aliphatic hydroxyl groups is 1. The van der Waals surface area contributed by atoms with Crippen molar-refractivity contribution in [2.24, 2.45) is 0 Å². The van der Waals surface area contributed by atoms with Crippen molar-refractivity contribution in [1.82, 2.24) is 15.1 Å². The number of piperazine rings is 1. The third-order valence-corrected chi connectivity index (χ3v) is 4.93. The van der Waals surface area contributed by atoms with Crippen molar-refractivity contribution in [1.29, 1.82) is 0 Å². The van der Waals surface area contributed by atoms with E-state index in [1.165, 1.54) is 39.3 Å². The molecule has 0 bridgehead atoms. The Morgan fingerprint density at radius 2 is 1.33 bits per heavy atom. The molecule has 3 aliphatic rings. The van der Waals surface area contributed by atoms with Gasteiger partial charge in [0.05, 0.1) is 18.3 Å². The quantitative estimate of drug-likeness (QED) is 0.799. The molecule has 2 N–H and O–H groups in total. The standard InChI is InChI=1S/C15H29N3O2.2C2H6/c19-13-11-15(12-13)20-14-1-5-17(6-2-14)9-10-18-7-3-16-4-8-18;2*1-2/h13-16,19H,1-12H2;2*1-2H3. The first-order valence-electron chi connectivity index (χ1n) is 10.3. The summed E-state index contributed by atoms with van der Waals surface area (Å²) in [7, 11) is 0. The van der Waals surface area contributed by atoms with Gasteiger partial charge in [0.25, 0.3) is 0 Å². The van der Waals surface area contributed by atoms with Crippen LogP contribution in [0, 0.1) is 0 Å². The number of hydrogen-bond donors (Lipinski definition) is 2. The van der Waals surface area contributed by atoms with Gasteiger partial charge in [0.15, 0.2) is 0 Å². The zero-order chi connectivity index (χ0) is 17.8. The van der Waals surface area contributed by atoms with Crippen molar-refractivity contribution in [3.05, 3.63) is 0 Å². The van der Waals surface area contributed by atoms with Crippen molar-refractivity contribution in [2.45, 2.75) is 71.7 Å². The first-order chi connectivity index (χ1) is 11.8. The minimum absolute atomic E-state index is 0.0980. The summed E-state index contributed by atoms with van der Waals surface area (Å²) in [5.74, 6) is 0. The number of piperidine rings is 1. The summed E-state index contributed by atoms with van der Waals surface area (Å²) in [6.45, 7) is 17.4. The Hall–Kier alpha value is -0.200. The molecule has 0 amide bonds. The minimum Gasteiger partial charge on any atom is -0.393 e. The summed E-state index contributed by atoms with van der Waals surface area (Å²) in [4.78, 5) is 5.15. The third kappa shape index (κ3) is 7.79. The first-order valence-corrected chi connectivity index (χ1v) is 10.3. The molecule has 0 aromatic rings. The highest BCUT2D eigenvalue weighted by Gasteiger charge is 2.31. The maximum atomic E-state index is 9.29. The number of hydrogen-bond acceptors (Lipinski definition) is 5. The molecule has 2 heterocycles. The summed E-state index contributed by atoms with van der Waals surface area (Å²) in [6.07, 6.45) is 4.69. The van der Waals surface area contributed by atoms with Gasteiger partial charge in [0, 0.05) is 52.4 Å². The van der Waals surface area contributed by atoms with Crippen LogP contribution in [0.2, 0.25) is 0 Å². The predicted octanol–water partition coefficient (Wildman–Crippen LogP) is 1.95. The van der Waals surface area contributed by atoms with E-state index < -0.39 is 0 Å². The number of ether oxygens (including phenoxy) is 1. The molecule has 0 radical (unpaired) electrons. The van der Waals surface area contributed by atoms with Gasteiger partial charge in [-0.15, -0.1) is 0 Å². The van der Waals surface area contributed by atoms with Crippen LogP contribution in [0.15, 0.2) is 0 Å². The highest BCUT2D eigenvalue weighted by atomic mass is 16.5. The van der Waals surface area contributed by atoms with E-state index in [4.69, 9.17) is 4.74 Å². The van der Waals surface area contributed by atoms with Crippen molar-refractivity contribution in [3.8, 4) is 0 Å². The van der Waals surface area contributed by atoms with E-state index in [0.717, 1.165) is 38.8 Å². The lowest BCUT2D eigenvalue weighted by Crippen LogP contribution is -2.48. The highest BCUT2D eigenvalue weighted by Crippen LogP contribution is 2.27. The molecule has 2 saturated heterocycles. The van der Waals surface area contributed by atoms with Crippen LogP contribution in [-0.4, -0.2) is 85.6 Å². The predicted molar refractivity (Wildman–Crippen MR) is 102 cm³/mol.